The highest BCUT2D eigenvalue weighted by molar-refractivity contribution is 5.37. The van der Waals surface area contributed by atoms with Crippen molar-refractivity contribution in [3.63, 3.8) is 0 Å². The summed E-state index contributed by atoms with van der Waals surface area (Å²) in [6.45, 7) is 4.04. The maximum atomic E-state index is 5.84. The highest BCUT2D eigenvalue weighted by Crippen LogP contribution is 2.16. The molecule has 2 atom stereocenters. The van der Waals surface area contributed by atoms with Crippen LogP contribution in [0.2, 0.25) is 0 Å². The van der Waals surface area contributed by atoms with E-state index in [0.29, 0.717) is 0 Å². The highest BCUT2D eigenvalue weighted by Gasteiger charge is 2.16. The Balaban J connectivity index is 2.53. The van der Waals surface area contributed by atoms with Crippen LogP contribution >= 0.6 is 0 Å². The smallest absolute Gasteiger partial charge is 0.160 e. The second-order valence-electron chi connectivity index (χ2n) is 3.63. The second kappa shape index (κ2) is 3.38. The zero-order chi connectivity index (χ0) is 10.1. The largest absolute Gasteiger partial charge is 0.327 e. The van der Waals surface area contributed by atoms with E-state index in [1.165, 1.54) is 0 Å². The summed E-state index contributed by atoms with van der Waals surface area (Å²) in [7, 11) is 0. The first-order valence-electron chi connectivity index (χ1n) is 4.75. The quantitative estimate of drug-likeness (QED) is 0.773. The Morgan fingerprint density at radius 3 is 2.79 bits per heavy atom. The molecule has 74 valence electrons. The Bertz CT molecular complexity index is 432. The minimum atomic E-state index is 0.0857. The van der Waals surface area contributed by atoms with E-state index in [9.17, 15) is 0 Å². The van der Waals surface area contributed by atoms with Crippen molar-refractivity contribution in [2.45, 2.75) is 25.8 Å². The van der Waals surface area contributed by atoms with E-state index >= 15 is 0 Å². The summed E-state index contributed by atoms with van der Waals surface area (Å²) >= 11 is 0. The standard InChI is InChI=1S/C10H14N4/c1-7(8(2)11)10-13-12-9-5-3-4-6-14(9)10/h3-8H,11H2,1-2H3. The van der Waals surface area contributed by atoms with Crippen LogP contribution in [0.5, 0.6) is 0 Å². The molecule has 0 radical (unpaired) electrons. The van der Waals surface area contributed by atoms with Gasteiger partial charge in [0.2, 0.25) is 0 Å². The van der Waals surface area contributed by atoms with Crippen LogP contribution in [-0.2, 0) is 0 Å². The van der Waals surface area contributed by atoms with Gasteiger partial charge in [0, 0.05) is 18.2 Å². The monoisotopic (exact) mass is 190 g/mol. The summed E-state index contributed by atoms with van der Waals surface area (Å²) in [4.78, 5) is 0. The van der Waals surface area contributed by atoms with E-state index < -0.39 is 0 Å². The number of nitrogens with two attached hydrogens (primary N) is 1. The van der Waals surface area contributed by atoms with Gasteiger partial charge < -0.3 is 5.73 Å². The van der Waals surface area contributed by atoms with E-state index in [-0.39, 0.29) is 12.0 Å². The van der Waals surface area contributed by atoms with Crippen molar-refractivity contribution in [1.29, 1.82) is 0 Å². The summed E-state index contributed by atoms with van der Waals surface area (Å²) in [5.41, 5.74) is 6.71. The molecule has 2 N–H and O–H groups in total. The molecule has 2 aromatic rings. The van der Waals surface area contributed by atoms with Gasteiger partial charge in [-0.15, -0.1) is 10.2 Å². The average Bonchev–Trinajstić information content (AvgIpc) is 2.60. The maximum Gasteiger partial charge on any atom is 0.160 e. The summed E-state index contributed by atoms with van der Waals surface area (Å²) in [6, 6.07) is 5.94. The number of hydrogen-bond donors (Lipinski definition) is 1. The van der Waals surface area contributed by atoms with Gasteiger partial charge in [-0.25, -0.2) is 0 Å². The molecule has 0 aliphatic heterocycles. The Labute approximate surface area is 82.8 Å². The lowest BCUT2D eigenvalue weighted by Gasteiger charge is -2.12. The summed E-state index contributed by atoms with van der Waals surface area (Å²) in [5, 5.41) is 8.23. The molecule has 0 amide bonds. The normalized spacial score (nSPS) is 15.6. The van der Waals surface area contributed by atoms with Gasteiger partial charge in [0.05, 0.1) is 0 Å². The maximum absolute atomic E-state index is 5.84. The number of fused-ring (bicyclic) bond motifs is 1. The molecule has 0 spiro atoms. The lowest BCUT2D eigenvalue weighted by molar-refractivity contribution is 0.576. The predicted molar refractivity (Wildman–Crippen MR) is 55.1 cm³/mol. The summed E-state index contributed by atoms with van der Waals surface area (Å²) in [5.74, 6) is 1.14. The molecule has 0 aliphatic carbocycles. The minimum absolute atomic E-state index is 0.0857. The molecule has 2 rings (SSSR count). The molecule has 0 aromatic carbocycles. The average molecular weight is 190 g/mol. The van der Waals surface area contributed by atoms with Crippen LogP contribution in [-0.4, -0.2) is 20.6 Å². The van der Waals surface area contributed by atoms with Gasteiger partial charge in [0.25, 0.3) is 0 Å². The van der Waals surface area contributed by atoms with E-state index in [2.05, 4.69) is 17.1 Å². The van der Waals surface area contributed by atoms with Gasteiger partial charge in [-0.3, -0.25) is 4.40 Å². The first kappa shape index (κ1) is 9.15. The number of nitrogens with zero attached hydrogens (tertiary/aromatic N) is 3. The number of hydrogen-bond acceptors (Lipinski definition) is 3. The van der Waals surface area contributed by atoms with Crippen molar-refractivity contribution in [3.05, 3.63) is 30.2 Å². The van der Waals surface area contributed by atoms with Crippen molar-refractivity contribution < 1.29 is 0 Å². The van der Waals surface area contributed by atoms with Crippen LogP contribution in [0.25, 0.3) is 5.65 Å². The van der Waals surface area contributed by atoms with Crippen molar-refractivity contribution in [3.8, 4) is 0 Å². The van der Waals surface area contributed by atoms with Crippen LogP contribution in [0, 0.1) is 0 Å². The van der Waals surface area contributed by atoms with Crippen LogP contribution in [0.3, 0.4) is 0 Å². The topological polar surface area (TPSA) is 56.2 Å². The third kappa shape index (κ3) is 1.37. The minimum Gasteiger partial charge on any atom is -0.327 e. The third-order valence-electron chi connectivity index (χ3n) is 2.54. The highest BCUT2D eigenvalue weighted by atomic mass is 15.2. The summed E-state index contributed by atoms with van der Waals surface area (Å²) in [6.07, 6.45) is 1.96. The molecule has 0 aliphatic rings. The van der Waals surface area contributed by atoms with Crippen molar-refractivity contribution in [2.24, 2.45) is 5.73 Å². The first-order chi connectivity index (χ1) is 6.70. The van der Waals surface area contributed by atoms with Crippen LogP contribution < -0.4 is 5.73 Å². The fraction of sp³-hybridized carbons (Fsp3) is 0.400. The molecule has 2 heterocycles. The van der Waals surface area contributed by atoms with Gasteiger partial charge in [-0.1, -0.05) is 13.0 Å². The summed E-state index contributed by atoms with van der Waals surface area (Å²) < 4.78 is 1.98. The number of pyridine rings is 1. The molecule has 14 heavy (non-hydrogen) atoms. The Hall–Kier alpha value is -1.42. The molecular formula is C10H14N4. The molecule has 0 saturated heterocycles. The van der Waals surface area contributed by atoms with Gasteiger partial charge in [-0.05, 0) is 19.1 Å². The third-order valence-corrected chi connectivity index (χ3v) is 2.54. The molecular weight excluding hydrogens is 176 g/mol. The Kier molecular flexibility index (Phi) is 2.21. The zero-order valence-electron chi connectivity index (χ0n) is 8.38. The Morgan fingerprint density at radius 2 is 2.07 bits per heavy atom. The lowest BCUT2D eigenvalue weighted by atomic mass is 10.0. The molecule has 0 saturated carbocycles. The number of rotatable bonds is 2. The van der Waals surface area contributed by atoms with Crippen LogP contribution in [0.15, 0.2) is 24.4 Å². The van der Waals surface area contributed by atoms with Gasteiger partial charge >= 0.3 is 0 Å². The van der Waals surface area contributed by atoms with Crippen LogP contribution in [0.1, 0.15) is 25.6 Å². The molecule has 4 nitrogen and oxygen atoms in total. The predicted octanol–water partition coefficient (Wildman–Crippen LogP) is 1.18. The van der Waals surface area contributed by atoms with E-state index in [0.717, 1.165) is 11.5 Å². The molecule has 0 bridgehead atoms. The lowest BCUT2D eigenvalue weighted by Crippen LogP contribution is -2.24. The van der Waals surface area contributed by atoms with Gasteiger partial charge in [0.1, 0.15) is 5.82 Å². The Morgan fingerprint density at radius 1 is 1.29 bits per heavy atom. The van der Waals surface area contributed by atoms with E-state index in [4.69, 9.17) is 5.73 Å². The number of aromatic nitrogens is 3. The van der Waals surface area contributed by atoms with Crippen LogP contribution in [0.4, 0.5) is 0 Å². The molecule has 0 fully saturated rings. The first-order valence-corrected chi connectivity index (χ1v) is 4.75. The van der Waals surface area contributed by atoms with E-state index in [1.54, 1.807) is 0 Å². The van der Waals surface area contributed by atoms with E-state index in [1.807, 2.05) is 35.7 Å². The molecule has 2 unspecified atom stereocenters. The van der Waals surface area contributed by atoms with Gasteiger partial charge in [0.15, 0.2) is 5.65 Å². The zero-order valence-corrected chi connectivity index (χ0v) is 8.38. The molecule has 2 aromatic heterocycles. The fourth-order valence-electron chi connectivity index (χ4n) is 1.41. The SMILES string of the molecule is CC(N)C(C)c1nnc2ccccn12. The second-order valence-corrected chi connectivity index (χ2v) is 3.63. The fourth-order valence-corrected chi connectivity index (χ4v) is 1.41. The molecule has 4 heteroatoms. The van der Waals surface area contributed by atoms with Crippen molar-refractivity contribution >= 4 is 5.65 Å². The van der Waals surface area contributed by atoms with Crippen molar-refractivity contribution in [2.75, 3.05) is 0 Å². The van der Waals surface area contributed by atoms with Gasteiger partial charge in [-0.2, -0.15) is 0 Å². The van der Waals surface area contributed by atoms with Crippen molar-refractivity contribution in [1.82, 2.24) is 14.6 Å².